The van der Waals surface area contributed by atoms with Crippen LogP contribution in [-0.2, 0) is 4.74 Å². The van der Waals surface area contributed by atoms with E-state index in [4.69, 9.17) is 20.8 Å². The summed E-state index contributed by atoms with van der Waals surface area (Å²) in [6.45, 7) is 0. The predicted molar refractivity (Wildman–Crippen MR) is 75.8 cm³/mol. The maximum absolute atomic E-state index is 11.7. The molecule has 4 nitrogen and oxygen atoms in total. The van der Waals surface area contributed by atoms with Gasteiger partial charge < -0.3 is 9.15 Å². The minimum Gasteiger partial charge on any atom is -0.465 e. The summed E-state index contributed by atoms with van der Waals surface area (Å²) in [6, 6.07) is 12.3. The van der Waals surface area contributed by atoms with Crippen LogP contribution in [0.15, 0.2) is 46.9 Å². The van der Waals surface area contributed by atoms with Crippen molar-refractivity contribution in [2.45, 2.75) is 0 Å². The Hall–Kier alpha value is -2.33. The molecule has 0 bridgehead atoms. The Labute approximate surface area is 119 Å². The Kier molecular flexibility index (Phi) is 3.16. The van der Waals surface area contributed by atoms with Gasteiger partial charge in [-0.3, -0.25) is 0 Å². The number of oxazole rings is 1. The van der Waals surface area contributed by atoms with E-state index in [2.05, 4.69) is 4.98 Å². The van der Waals surface area contributed by atoms with Crippen molar-refractivity contribution in [1.29, 1.82) is 0 Å². The van der Waals surface area contributed by atoms with Gasteiger partial charge in [0.15, 0.2) is 5.58 Å². The zero-order valence-electron chi connectivity index (χ0n) is 10.6. The first kappa shape index (κ1) is 12.7. The van der Waals surface area contributed by atoms with Gasteiger partial charge in [-0.05, 0) is 36.4 Å². The molecule has 3 rings (SSSR count). The van der Waals surface area contributed by atoms with Gasteiger partial charge in [0.25, 0.3) is 0 Å². The van der Waals surface area contributed by atoms with Gasteiger partial charge in [0.05, 0.1) is 7.11 Å². The highest BCUT2D eigenvalue weighted by atomic mass is 35.5. The first-order valence-corrected chi connectivity index (χ1v) is 6.30. The zero-order chi connectivity index (χ0) is 14.1. The van der Waals surface area contributed by atoms with Crippen LogP contribution in [0.3, 0.4) is 0 Å². The lowest BCUT2D eigenvalue weighted by molar-refractivity contribution is 0.0602. The molecule has 1 heterocycles. The Morgan fingerprint density at radius 3 is 2.65 bits per heavy atom. The van der Waals surface area contributed by atoms with Crippen molar-refractivity contribution >= 4 is 28.7 Å². The van der Waals surface area contributed by atoms with Crippen molar-refractivity contribution < 1.29 is 13.9 Å². The maximum Gasteiger partial charge on any atom is 0.341 e. The first-order chi connectivity index (χ1) is 9.69. The van der Waals surface area contributed by atoms with Gasteiger partial charge in [-0.1, -0.05) is 17.7 Å². The Morgan fingerprint density at radius 2 is 1.95 bits per heavy atom. The molecule has 0 saturated heterocycles. The summed E-state index contributed by atoms with van der Waals surface area (Å²) in [5.41, 5.74) is 2.18. The van der Waals surface area contributed by atoms with E-state index in [0.717, 1.165) is 5.56 Å². The van der Waals surface area contributed by atoms with Crippen LogP contribution < -0.4 is 0 Å². The van der Waals surface area contributed by atoms with E-state index in [-0.39, 0.29) is 0 Å². The number of nitrogens with zero attached hydrogens (tertiary/aromatic N) is 1. The van der Waals surface area contributed by atoms with Crippen LogP contribution in [0.4, 0.5) is 0 Å². The summed E-state index contributed by atoms with van der Waals surface area (Å²) >= 11 is 5.85. The quantitative estimate of drug-likeness (QED) is 0.670. The summed E-state index contributed by atoms with van der Waals surface area (Å²) in [5, 5.41) is 0.639. The number of para-hydroxylation sites is 1. The second-order valence-electron chi connectivity index (χ2n) is 4.17. The molecule has 0 fully saturated rings. The monoisotopic (exact) mass is 287 g/mol. The fraction of sp³-hybridized carbons (Fsp3) is 0.0667. The number of carbonyl (C=O) groups is 1. The van der Waals surface area contributed by atoms with E-state index in [0.29, 0.717) is 27.6 Å². The van der Waals surface area contributed by atoms with E-state index in [1.807, 2.05) is 12.1 Å². The predicted octanol–water partition coefficient (Wildman–Crippen LogP) is 3.93. The smallest absolute Gasteiger partial charge is 0.341 e. The molecule has 1 aromatic heterocycles. The number of hydrogen-bond donors (Lipinski definition) is 0. The SMILES string of the molecule is COC(=O)c1cccc2nc(-c3ccc(Cl)cc3)oc12. The first-order valence-electron chi connectivity index (χ1n) is 5.93. The third kappa shape index (κ3) is 2.14. The lowest BCUT2D eigenvalue weighted by atomic mass is 10.2. The second kappa shape index (κ2) is 4.98. The molecule has 0 saturated carbocycles. The molecule has 0 unspecified atom stereocenters. The van der Waals surface area contributed by atoms with Crippen molar-refractivity contribution in [3.8, 4) is 11.5 Å². The molecule has 0 aliphatic carbocycles. The second-order valence-corrected chi connectivity index (χ2v) is 4.61. The molecule has 2 aromatic carbocycles. The van der Waals surface area contributed by atoms with Gasteiger partial charge in [-0.25, -0.2) is 9.78 Å². The normalized spacial score (nSPS) is 10.7. The van der Waals surface area contributed by atoms with Gasteiger partial charge in [0.2, 0.25) is 5.89 Å². The number of methoxy groups -OCH3 is 1. The number of carbonyl (C=O) groups excluding carboxylic acids is 1. The molecule has 5 heteroatoms. The Bertz CT molecular complexity index is 777. The molecular formula is C15H10ClNO3. The third-order valence-electron chi connectivity index (χ3n) is 2.91. The van der Waals surface area contributed by atoms with Gasteiger partial charge >= 0.3 is 5.97 Å². The topological polar surface area (TPSA) is 52.3 Å². The van der Waals surface area contributed by atoms with Crippen LogP contribution in [-0.4, -0.2) is 18.1 Å². The van der Waals surface area contributed by atoms with E-state index in [1.54, 1.807) is 30.3 Å². The number of rotatable bonds is 2. The fourth-order valence-corrected chi connectivity index (χ4v) is 2.06. The largest absolute Gasteiger partial charge is 0.465 e. The van der Waals surface area contributed by atoms with Gasteiger partial charge in [-0.15, -0.1) is 0 Å². The number of aromatic nitrogens is 1. The summed E-state index contributed by atoms with van der Waals surface area (Å²) in [6.07, 6.45) is 0. The van der Waals surface area contributed by atoms with Gasteiger partial charge in [-0.2, -0.15) is 0 Å². The summed E-state index contributed by atoms with van der Waals surface area (Å²) in [4.78, 5) is 16.1. The average Bonchev–Trinajstić information content (AvgIpc) is 2.91. The molecule has 0 spiro atoms. The van der Waals surface area contributed by atoms with Crippen molar-refractivity contribution in [2.75, 3.05) is 7.11 Å². The molecule has 3 aromatic rings. The van der Waals surface area contributed by atoms with Gasteiger partial charge in [0.1, 0.15) is 11.1 Å². The molecule has 100 valence electrons. The zero-order valence-corrected chi connectivity index (χ0v) is 11.3. The minimum atomic E-state index is -0.450. The minimum absolute atomic E-state index is 0.359. The Balaban J connectivity index is 2.15. The molecule has 0 atom stereocenters. The Morgan fingerprint density at radius 1 is 1.20 bits per heavy atom. The van der Waals surface area contributed by atoms with Crippen LogP contribution >= 0.6 is 11.6 Å². The standard InChI is InChI=1S/C15H10ClNO3/c1-19-15(18)11-3-2-4-12-13(11)20-14(17-12)9-5-7-10(16)8-6-9/h2-8H,1H3. The molecule has 0 N–H and O–H groups in total. The molecule has 0 radical (unpaired) electrons. The maximum atomic E-state index is 11.7. The highest BCUT2D eigenvalue weighted by molar-refractivity contribution is 6.30. The molecule has 0 amide bonds. The molecule has 0 aliphatic heterocycles. The fourth-order valence-electron chi connectivity index (χ4n) is 1.94. The van der Waals surface area contributed by atoms with Crippen LogP contribution in [0, 0.1) is 0 Å². The number of benzene rings is 2. The van der Waals surface area contributed by atoms with Crippen LogP contribution in [0.5, 0.6) is 0 Å². The lowest BCUT2D eigenvalue weighted by Gasteiger charge is -1.98. The molecular weight excluding hydrogens is 278 g/mol. The summed E-state index contributed by atoms with van der Waals surface area (Å²) in [7, 11) is 1.33. The van der Waals surface area contributed by atoms with Crippen molar-refractivity contribution in [1.82, 2.24) is 4.98 Å². The average molecular weight is 288 g/mol. The number of fused-ring (bicyclic) bond motifs is 1. The number of halogens is 1. The molecule has 0 aliphatic rings. The third-order valence-corrected chi connectivity index (χ3v) is 3.16. The molecule has 20 heavy (non-hydrogen) atoms. The highest BCUT2D eigenvalue weighted by Crippen LogP contribution is 2.27. The van der Waals surface area contributed by atoms with Crippen LogP contribution in [0.1, 0.15) is 10.4 Å². The van der Waals surface area contributed by atoms with Crippen LogP contribution in [0.2, 0.25) is 5.02 Å². The van der Waals surface area contributed by atoms with E-state index in [9.17, 15) is 4.79 Å². The van der Waals surface area contributed by atoms with Crippen molar-refractivity contribution in [3.63, 3.8) is 0 Å². The summed E-state index contributed by atoms with van der Waals surface area (Å²) < 4.78 is 10.4. The van der Waals surface area contributed by atoms with Crippen molar-refractivity contribution in [3.05, 3.63) is 53.1 Å². The van der Waals surface area contributed by atoms with E-state index >= 15 is 0 Å². The lowest BCUT2D eigenvalue weighted by Crippen LogP contribution is -2.00. The number of hydrogen-bond acceptors (Lipinski definition) is 4. The van der Waals surface area contributed by atoms with E-state index < -0.39 is 5.97 Å². The van der Waals surface area contributed by atoms with Crippen molar-refractivity contribution in [2.24, 2.45) is 0 Å². The number of esters is 1. The summed E-state index contributed by atoms with van der Waals surface area (Å²) in [5.74, 6) is -0.0116. The highest BCUT2D eigenvalue weighted by Gasteiger charge is 2.16. The van der Waals surface area contributed by atoms with Crippen LogP contribution in [0.25, 0.3) is 22.6 Å². The van der Waals surface area contributed by atoms with E-state index in [1.165, 1.54) is 7.11 Å². The van der Waals surface area contributed by atoms with Gasteiger partial charge in [0, 0.05) is 10.6 Å². The number of ether oxygens (including phenoxy) is 1.